The smallest absolute Gasteiger partial charge is 0.293 e. The summed E-state index contributed by atoms with van der Waals surface area (Å²) in [6.07, 6.45) is 4.69. The van der Waals surface area contributed by atoms with Gasteiger partial charge >= 0.3 is 0 Å². The Bertz CT molecular complexity index is 655. The van der Waals surface area contributed by atoms with Crippen molar-refractivity contribution in [3.05, 3.63) is 28.3 Å². The van der Waals surface area contributed by atoms with E-state index in [0.29, 0.717) is 25.3 Å². The van der Waals surface area contributed by atoms with E-state index in [1.54, 1.807) is 0 Å². The lowest BCUT2D eigenvalue weighted by Gasteiger charge is -2.16. The summed E-state index contributed by atoms with van der Waals surface area (Å²) in [6, 6.07) is 4.10. The van der Waals surface area contributed by atoms with Crippen molar-refractivity contribution in [1.82, 2.24) is 4.31 Å². The van der Waals surface area contributed by atoms with Gasteiger partial charge in [0.15, 0.2) is 0 Å². The molecular formula is C15H23N3O4S. The summed E-state index contributed by atoms with van der Waals surface area (Å²) in [5.74, 6) is 0. The van der Waals surface area contributed by atoms with Crippen LogP contribution < -0.4 is 5.32 Å². The number of sulfonamides is 1. The van der Waals surface area contributed by atoms with Gasteiger partial charge in [-0.05, 0) is 31.4 Å². The van der Waals surface area contributed by atoms with Crippen molar-refractivity contribution in [3.8, 4) is 0 Å². The van der Waals surface area contributed by atoms with Gasteiger partial charge in [-0.3, -0.25) is 10.1 Å². The number of unbranched alkanes of at least 4 members (excludes halogenated alkanes) is 2. The molecule has 1 aromatic rings. The average molecular weight is 341 g/mol. The Morgan fingerprint density at radius 1 is 1.26 bits per heavy atom. The Kier molecular flexibility index (Phi) is 5.95. The maximum atomic E-state index is 12.5. The van der Waals surface area contributed by atoms with Crippen LogP contribution in [0.15, 0.2) is 23.1 Å². The highest BCUT2D eigenvalue weighted by Crippen LogP contribution is 2.30. The Morgan fingerprint density at radius 2 is 1.96 bits per heavy atom. The fourth-order valence-corrected chi connectivity index (χ4v) is 4.19. The Morgan fingerprint density at radius 3 is 2.57 bits per heavy atom. The standard InChI is InChI=1S/C15H23N3O4S/c1-2-3-4-9-16-14-8-7-13(12-15(14)18(19)20)23(21,22)17-10-5-6-11-17/h7-8,12,16H,2-6,9-11H2,1H3. The maximum Gasteiger partial charge on any atom is 0.293 e. The molecule has 0 spiro atoms. The Hall–Kier alpha value is -1.67. The molecule has 0 aliphatic carbocycles. The molecule has 0 radical (unpaired) electrons. The minimum atomic E-state index is -3.64. The van der Waals surface area contributed by atoms with E-state index in [9.17, 15) is 18.5 Å². The van der Waals surface area contributed by atoms with Crippen LogP contribution in [0.3, 0.4) is 0 Å². The number of nitrogens with one attached hydrogen (secondary N) is 1. The molecule has 0 aromatic heterocycles. The summed E-state index contributed by atoms with van der Waals surface area (Å²) in [5, 5.41) is 14.3. The van der Waals surface area contributed by atoms with Crippen molar-refractivity contribution in [3.63, 3.8) is 0 Å². The summed E-state index contributed by atoms with van der Waals surface area (Å²) in [5.41, 5.74) is 0.174. The molecular weight excluding hydrogens is 318 g/mol. The van der Waals surface area contributed by atoms with Gasteiger partial charge in [-0.25, -0.2) is 8.42 Å². The van der Waals surface area contributed by atoms with Gasteiger partial charge < -0.3 is 5.32 Å². The predicted octanol–water partition coefficient (Wildman–Crippen LogP) is 2.98. The van der Waals surface area contributed by atoms with Crippen molar-refractivity contribution >= 4 is 21.4 Å². The second kappa shape index (κ2) is 7.74. The summed E-state index contributed by atoms with van der Waals surface area (Å²) in [4.78, 5) is 10.7. The zero-order valence-electron chi connectivity index (χ0n) is 13.3. The van der Waals surface area contributed by atoms with E-state index >= 15 is 0 Å². The summed E-state index contributed by atoms with van der Waals surface area (Å²) in [7, 11) is -3.64. The van der Waals surface area contributed by atoms with Crippen LogP contribution in [-0.2, 0) is 10.0 Å². The van der Waals surface area contributed by atoms with Gasteiger partial charge in [0.25, 0.3) is 5.69 Å². The second-order valence-electron chi connectivity index (χ2n) is 5.68. The van der Waals surface area contributed by atoms with Gasteiger partial charge in [0, 0.05) is 25.7 Å². The van der Waals surface area contributed by atoms with Crippen LogP contribution in [0.4, 0.5) is 11.4 Å². The van der Waals surface area contributed by atoms with Gasteiger partial charge in [-0.15, -0.1) is 0 Å². The molecule has 1 aliphatic heterocycles. The molecule has 0 amide bonds. The highest BCUT2D eigenvalue weighted by Gasteiger charge is 2.29. The molecule has 0 bridgehead atoms. The summed E-state index contributed by atoms with van der Waals surface area (Å²) < 4.78 is 26.4. The van der Waals surface area contributed by atoms with Gasteiger partial charge in [-0.2, -0.15) is 4.31 Å². The monoisotopic (exact) mass is 341 g/mol. The van der Waals surface area contributed by atoms with Gasteiger partial charge in [0.2, 0.25) is 10.0 Å². The van der Waals surface area contributed by atoms with Crippen LogP contribution in [0.5, 0.6) is 0 Å². The number of hydrogen-bond donors (Lipinski definition) is 1. The second-order valence-corrected chi connectivity index (χ2v) is 7.62. The van der Waals surface area contributed by atoms with Crippen molar-refractivity contribution < 1.29 is 13.3 Å². The number of nitro groups is 1. The number of hydrogen-bond acceptors (Lipinski definition) is 5. The molecule has 0 atom stereocenters. The maximum absolute atomic E-state index is 12.5. The lowest BCUT2D eigenvalue weighted by Crippen LogP contribution is -2.27. The van der Waals surface area contributed by atoms with Crippen LogP contribution in [0.1, 0.15) is 39.0 Å². The zero-order chi connectivity index (χ0) is 16.9. The SMILES string of the molecule is CCCCCNc1ccc(S(=O)(=O)N2CCCC2)cc1[N+](=O)[O-]. The number of nitro benzene ring substituents is 1. The van der Waals surface area contributed by atoms with Gasteiger partial charge in [-0.1, -0.05) is 19.8 Å². The minimum Gasteiger partial charge on any atom is -0.379 e. The molecule has 0 saturated carbocycles. The first-order valence-electron chi connectivity index (χ1n) is 7.99. The van der Waals surface area contributed by atoms with Crippen LogP contribution in [0.25, 0.3) is 0 Å². The lowest BCUT2D eigenvalue weighted by atomic mass is 10.2. The molecule has 1 N–H and O–H groups in total. The number of rotatable bonds is 8. The molecule has 1 heterocycles. The fraction of sp³-hybridized carbons (Fsp3) is 0.600. The fourth-order valence-electron chi connectivity index (χ4n) is 2.65. The largest absolute Gasteiger partial charge is 0.379 e. The average Bonchev–Trinajstić information content (AvgIpc) is 3.06. The van der Waals surface area contributed by atoms with E-state index in [1.165, 1.54) is 16.4 Å². The summed E-state index contributed by atoms with van der Waals surface area (Å²) in [6.45, 7) is 3.67. The molecule has 1 aromatic carbocycles. The molecule has 0 unspecified atom stereocenters. The van der Waals surface area contributed by atoms with Crippen LogP contribution in [0.2, 0.25) is 0 Å². The van der Waals surface area contributed by atoms with Crippen LogP contribution in [-0.4, -0.2) is 37.3 Å². The van der Waals surface area contributed by atoms with E-state index in [2.05, 4.69) is 12.2 Å². The predicted molar refractivity (Wildman–Crippen MR) is 89.1 cm³/mol. The van der Waals surface area contributed by atoms with E-state index in [4.69, 9.17) is 0 Å². The third-order valence-electron chi connectivity index (χ3n) is 3.96. The zero-order valence-corrected chi connectivity index (χ0v) is 14.1. The number of benzene rings is 1. The molecule has 7 nitrogen and oxygen atoms in total. The van der Waals surface area contributed by atoms with E-state index < -0.39 is 14.9 Å². The highest BCUT2D eigenvalue weighted by atomic mass is 32.2. The number of anilines is 1. The molecule has 2 rings (SSSR count). The van der Waals surface area contributed by atoms with Gasteiger partial charge in [0.1, 0.15) is 5.69 Å². The third kappa shape index (κ3) is 4.20. The van der Waals surface area contributed by atoms with Crippen molar-refractivity contribution in [1.29, 1.82) is 0 Å². The lowest BCUT2D eigenvalue weighted by molar-refractivity contribution is -0.384. The van der Waals surface area contributed by atoms with Gasteiger partial charge in [0.05, 0.1) is 9.82 Å². The highest BCUT2D eigenvalue weighted by molar-refractivity contribution is 7.89. The first-order valence-corrected chi connectivity index (χ1v) is 9.43. The Labute approximate surface area is 136 Å². The molecule has 1 saturated heterocycles. The molecule has 128 valence electrons. The first kappa shape index (κ1) is 17.7. The van der Waals surface area contributed by atoms with E-state index in [0.717, 1.165) is 38.2 Å². The van der Waals surface area contributed by atoms with Crippen molar-refractivity contribution in [2.45, 2.75) is 43.9 Å². The molecule has 1 aliphatic rings. The molecule has 1 fully saturated rings. The van der Waals surface area contributed by atoms with Crippen molar-refractivity contribution in [2.75, 3.05) is 25.0 Å². The van der Waals surface area contributed by atoms with Crippen LogP contribution in [0, 0.1) is 10.1 Å². The number of nitrogens with zero attached hydrogens (tertiary/aromatic N) is 2. The first-order chi connectivity index (χ1) is 11.0. The van der Waals surface area contributed by atoms with E-state index in [-0.39, 0.29) is 10.6 Å². The minimum absolute atomic E-state index is 0.00907. The molecule has 8 heteroatoms. The normalized spacial score (nSPS) is 15.7. The van der Waals surface area contributed by atoms with E-state index in [1.807, 2.05) is 0 Å². The third-order valence-corrected chi connectivity index (χ3v) is 5.86. The summed E-state index contributed by atoms with van der Waals surface area (Å²) >= 11 is 0. The Balaban J connectivity index is 2.23. The topological polar surface area (TPSA) is 92.6 Å². The van der Waals surface area contributed by atoms with Crippen molar-refractivity contribution in [2.24, 2.45) is 0 Å². The quantitative estimate of drug-likeness (QED) is 0.446. The molecule has 23 heavy (non-hydrogen) atoms. The van der Waals surface area contributed by atoms with Crippen LogP contribution >= 0.6 is 0 Å².